The molecule has 0 fully saturated rings. The second-order valence-electron chi connectivity index (χ2n) is 4.20. The van der Waals surface area contributed by atoms with Gasteiger partial charge in [0.25, 0.3) is 10.0 Å². The Kier molecular flexibility index (Phi) is 5.10. The number of nitrogens with one attached hydrogen (secondary N) is 2. The van der Waals surface area contributed by atoms with Crippen LogP contribution in [0, 0.1) is 0 Å². The molecule has 0 unspecified atom stereocenters. The van der Waals surface area contributed by atoms with E-state index in [1.54, 1.807) is 30.3 Å². The average molecular weight is 347 g/mol. The normalized spacial score (nSPS) is 11.4. The van der Waals surface area contributed by atoms with Crippen LogP contribution < -0.4 is 14.8 Å². The Labute approximate surface area is 133 Å². The molecule has 0 aliphatic carbocycles. The number of ether oxygens (including phenoxy) is 1. The standard InChI is InChI=1S/C13H15ClN2O3S2/c1-15-8-10-4-6-13(20-10)21(17,18)16-12-7-9(19-2)3-5-11(12)14/h3-7,15-16H,8H2,1-2H3. The number of benzene rings is 1. The third-order valence-corrected chi connectivity index (χ3v) is 5.94. The molecular formula is C13H15ClN2O3S2. The van der Waals surface area contributed by atoms with Gasteiger partial charge in [-0.05, 0) is 31.3 Å². The van der Waals surface area contributed by atoms with Crippen LogP contribution in [-0.2, 0) is 16.6 Å². The highest BCUT2D eigenvalue weighted by Gasteiger charge is 2.18. The molecule has 0 aliphatic rings. The van der Waals surface area contributed by atoms with E-state index in [4.69, 9.17) is 16.3 Å². The van der Waals surface area contributed by atoms with E-state index < -0.39 is 10.0 Å². The largest absolute Gasteiger partial charge is 0.497 e. The van der Waals surface area contributed by atoms with Crippen molar-refractivity contribution in [2.45, 2.75) is 10.8 Å². The van der Waals surface area contributed by atoms with Gasteiger partial charge in [0, 0.05) is 17.5 Å². The highest BCUT2D eigenvalue weighted by Crippen LogP contribution is 2.30. The van der Waals surface area contributed by atoms with Gasteiger partial charge in [0.2, 0.25) is 0 Å². The first-order valence-electron chi connectivity index (χ1n) is 6.06. The van der Waals surface area contributed by atoms with Crippen LogP contribution >= 0.6 is 22.9 Å². The zero-order chi connectivity index (χ0) is 15.5. The molecule has 21 heavy (non-hydrogen) atoms. The fraction of sp³-hybridized carbons (Fsp3) is 0.231. The minimum absolute atomic E-state index is 0.242. The van der Waals surface area contributed by atoms with E-state index in [0.29, 0.717) is 23.0 Å². The molecule has 2 aromatic rings. The quantitative estimate of drug-likeness (QED) is 0.844. The van der Waals surface area contributed by atoms with E-state index in [2.05, 4.69) is 10.0 Å². The van der Waals surface area contributed by atoms with Crippen LogP contribution in [0.15, 0.2) is 34.5 Å². The summed E-state index contributed by atoms with van der Waals surface area (Å²) in [5, 5.41) is 3.29. The van der Waals surface area contributed by atoms with Crippen LogP contribution in [0.4, 0.5) is 5.69 Å². The van der Waals surface area contributed by atoms with Crippen molar-refractivity contribution in [2.75, 3.05) is 18.9 Å². The van der Waals surface area contributed by atoms with Crippen LogP contribution in [0.1, 0.15) is 4.88 Å². The summed E-state index contributed by atoms with van der Waals surface area (Å²) in [7, 11) is -0.345. The fourth-order valence-corrected chi connectivity index (χ4v) is 4.34. The third-order valence-electron chi connectivity index (χ3n) is 2.67. The van der Waals surface area contributed by atoms with E-state index in [1.807, 2.05) is 7.05 Å². The number of rotatable bonds is 6. The molecule has 0 bridgehead atoms. The van der Waals surface area contributed by atoms with E-state index in [9.17, 15) is 8.42 Å². The highest BCUT2D eigenvalue weighted by atomic mass is 35.5. The Morgan fingerprint density at radius 1 is 1.29 bits per heavy atom. The van der Waals surface area contributed by atoms with Gasteiger partial charge < -0.3 is 10.1 Å². The SMILES string of the molecule is CNCc1ccc(S(=O)(=O)Nc2cc(OC)ccc2Cl)s1. The summed E-state index contributed by atoms with van der Waals surface area (Å²) < 4.78 is 32.5. The highest BCUT2D eigenvalue weighted by molar-refractivity contribution is 7.94. The Morgan fingerprint density at radius 3 is 2.71 bits per heavy atom. The summed E-state index contributed by atoms with van der Waals surface area (Å²) in [4.78, 5) is 0.939. The summed E-state index contributed by atoms with van der Waals surface area (Å²) in [6.07, 6.45) is 0. The number of sulfonamides is 1. The number of hydrogen-bond donors (Lipinski definition) is 2. The molecule has 1 aromatic heterocycles. The molecule has 1 aromatic carbocycles. The van der Waals surface area contributed by atoms with Gasteiger partial charge in [0.1, 0.15) is 9.96 Å². The lowest BCUT2D eigenvalue weighted by molar-refractivity contribution is 0.415. The molecule has 1 heterocycles. The van der Waals surface area contributed by atoms with Gasteiger partial charge in [0.05, 0.1) is 17.8 Å². The Morgan fingerprint density at radius 2 is 2.05 bits per heavy atom. The maximum absolute atomic E-state index is 12.4. The van der Waals surface area contributed by atoms with Gasteiger partial charge in [-0.2, -0.15) is 0 Å². The van der Waals surface area contributed by atoms with Gasteiger partial charge in [-0.15, -0.1) is 11.3 Å². The third kappa shape index (κ3) is 3.88. The lowest BCUT2D eigenvalue weighted by atomic mass is 10.3. The van der Waals surface area contributed by atoms with Crippen LogP contribution in [0.2, 0.25) is 5.02 Å². The summed E-state index contributed by atoms with van der Waals surface area (Å²) in [5.74, 6) is 0.527. The minimum Gasteiger partial charge on any atom is -0.497 e. The number of anilines is 1. The summed E-state index contributed by atoms with van der Waals surface area (Å²) in [6.45, 7) is 0.625. The summed E-state index contributed by atoms with van der Waals surface area (Å²) >= 11 is 7.22. The Bertz CT molecular complexity index is 729. The number of hydrogen-bond acceptors (Lipinski definition) is 5. The predicted octanol–water partition coefficient (Wildman–Crippen LogP) is 2.93. The number of methoxy groups -OCH3 is 1. The molecule has 0 saturated carbocycles. The van der Waals surface area contributed by atoms with Crippen molar-refractivity contribution >= 4 is 38.6 Å². The van der Waals surface area contributed by atoms with Gasteiger partial charge in [0.15, 0.2) is 0 Å². The smallest absolute Gasteiger partial charge is 0.271 e. The molecule has 0 amide bonds. The van der Waals surface area contributed by atoms with Crippen molar-refractivity contribution in [3.63, 3.8) is 0 Å². The van der Waals surface area contributed by atoms with Crippen molar-refractivity contribution in [1.29, 1.82) is 0 Å². The molecule has 0 spiro atoms. The molecule has 2 rings (SSSR count). The summed E-state index contributed by atoms with van der Waals surface area (Å²) in [6, 6.07) is 8.15. The zero-order valence-corrected chi connectivity index (χ0v) is 13.9. The maximum atomic E-state index is 12.4. The number of halogens is 1. The predicted molar refractivity (Wildman–Crippen MR) is 85.9 cm³/mol. The maximum Gasteiger partial charge on any atom is 0.271 e. The van der Waals surface area contributed by atoms with E-state index in [-0.39, 0.29) is 4.21 Å². The van der Waals surface area contributed by atoms with Gasteiger partial charge in [-0.1, -0.05) is 11.6 Å². The minimum atomic E-state index is -3.66. The Balaban J connectivity index is 2.28. The zero-order valence-electron chi connectivity index (χ0n) is 11.5. The van der Waals surface area contributed by atoms with E-state index in [0.717, 1.165) is 4.88 Å². The van der Waals surface area contributed by atoms with Crippen LogP contribution in [0.5, 0.6) is 5.75 Å². The lowest BCUT2D eigenvalue weighted by Crippen LogP contribution is -2.12. The molecule has 8 heteroatoms. The van der Waals surface area contributed by atoms with Crippen molar-refractivity contribution in [2.24, 2.45) is 0 Å². The second-order valence-corrected chi connectivity index (χ2v) is 7.69. The first kappa shape index (κ1) is 16.1. The van der Waals surface area contributed by atoms with E-state index in [1.165, 1.54) is 18.4 Å². The number of thiophene rings is 1. The topological polar surface area (TPSA) is 67.4 Å². The molecule has 0 aliphatic heterocycles. The molecule has 0 radical (unpaired) electrons. The van der Waals surface area contributed by atoms with Crippen molar-refractivity contribution < 1.29 is 13.2 Å². The van der Waals surface area contributed by atoms with Crippen molar-refractivity contribution in [3.05, 3.63) is 40.2 Å². The molecule has 5 nitrogen and oxygen atoms in total. The molecule has 0 atom stereocenters. The fourth-order valence-electron chi connectivity index (χ4n) is 1.68. The van der Waals surface area contributed by atoms with Crippen LogP contribution in [0.3, 0.4) is 0 Å². The van der Waals surface area contributed by atoms with Gasteiger partial charge in [-0.3, -0.25) is 4.72 Å². The Hall–Kier alpha value is -1.28. The van der Waals surface area contributed by atoms with Gasteiger partial charge in [-0.25, -0.2) is 8.42 Å². The monoisotopic (exact) mass is 346 g/mol. The van der Waals surface area contributed by atoms with Gasteiger partial charge >= 0.3 is 0 Å². The molecule has 114 valence electrons. The molecular weight excluding hydrogens is 332 g/mol. The molecule has 0 saturated heterocycles. The first-order valence-corrected chi connectivity index (χ1v) is 8.73. The van der Waals surface area contributed by atoms with E-state index >= 15 is 0 Å². The summed E-state index contributed by atoms with van der Waals surface area (Å²) in [5.41, 5.74) is 0.291. The second kappa shape index (κ2) is 6.65. The van der Waals surface area contributed by atoms with Crippen molar-refractivity contribution in [3.8, 4) is 5.75 Å². The van der Waals surface area contributed by atoms with Crippen molar-refractivity contribution in [1.82, 2.24) is 5.32 Å². The van der Waals surface area contributed by atoms with Crippen LogP contribution in [0.25, 0.3) is 0 Å². The lowest BCUT2D eigenvalue weighted by Gasteiger charge is -2.09. The molecule has 2 N–H and O–H groups in total. The average Bonchev–Trinajstić information content (AvgIpc) is 2.91. The van der Waals surface area contributed by atoms with Crippen LogP contribution in [-0.4, -0.2) is 22.6 Å². The first-order chi connectivity index (χ1) is 9.96.